The van der Waals surface area contributed by atoms with Gasteiger partial charge < -0.3 is 15.5 Å². The van der Waals surface area contributed by atoms with Gasteiger partial charge in [-0.3, -0.25) is 9.69 Å². The first kappa shape index (κ1) is 22.8. The van der Waals surface area contributed by atoms with Gasteiger partial charge in [0.2, 0.25) is 0 Å². The molecule has 1 aliphatic heterocycles. The molecule has 0 spiro atoms. The fourth-order valence-electron chi connectivity index (χ4n) is 3.63. The minimum atomic E-state index is -0.514. The van der Waals surface area contributed by atoms with Crippen LogP contribution in [0.2, 0.25) is 0 Å². The number of anilines is 1. The molecular weight excluding hydrogens is 394 g/mol. The molecule has 166 valence electrons. The molecule has 3 rings (SSSR count). The van der Waals surface area contributed by atoms with E-state index in [1.807, 2.05) is 20.2 Å². The summed E-state index contributed by atoms with van der Waals surface area (Å²) in [5, 5.41) is 9.21. The highest BCUT2D eigenvalue weighted by Crippen LogP contribution is 2.18. The van der Waals surface area contributed by atoms with Gasteiger partial charge in [0.25, 0.3) is 5.91 Å². The Bertz CT molecular complexity index is 874. The highest BCUT2D eigenvalue weighted by molar-refractivity contribution is 5.92. The summed E-state index contributed by atoms with van der Waals surface area (Å²) in [7, 11) is 4.05. The Morgan fingerprint density at radius 2 is 2.06 bits per heavy atom. The molecule has 0 aliphatic carbocycles. The molecule has 0 saturated heterocycles. The summed E-state index contributed by atoms with van der Waals surface area (Å²) < 4.78 is 0. The van der Waals surface area contributed by atoms with Crippen LogP contribution in [0.25, 0.3) is 0 Å². The van der Waals surface area contributed by atoms with E-state index >= 15 is 0 Å². The third-order valence-corrected chi connectivity index (χ3v) is 5.31. The van der Waals surface area contributed by atoms with Crippen molar-refractivity contribution in [2.45, 2.75) is 25.4 Å². The molecule has 2 N–H and O–H groups in total. The van der Waals surface area contributed by atoms with E-state index in [9.17, 15) is 9.70 Å². The lowest BCUT2D eigenvalue weighted by molar-refractivity contribution is 0.0943. The zero-order chi connectivity index (χ0) is 22.1. The second-order valence-corrected chi connectivity index (χ2v) is 8.10. The Kier molecular flexibility index (Phi) is 8.43. The number of benzene rings is 1. The second-order valence-electron chi connectivity index (χ2n) is 8.10. The number of hydrogen-bond donors (Lipinski definition) is 2. The van der Waals surface area contributed by atoms with Gasteiger partial charge >= 0.3 is 0 Å². The topological polar surface area (TPSA) is 103 Å². The summed E-state index contributed by atoms with van der Waals surface area (Å²) in [5.41, 5.74) is 2.91. The second kappa shape index (κ2) is 11.5. The Labute approximate surface area is 183 Å². The average Bonchev–Trinajstić information content (AvgIpc) is 2.79. The van der Waals surface area contributed by atoms with Crippen LogP contribution in [0.3, 0.4) is 0 Å². The molecule has 1 atom stereocenters. The van der Waals surface area contributed by atoms with E-state index in [0.717, 1.165) is 39.0 Å². The molecule has 31 heavy (non-hydrogen) atoms. The van der Waals surface area contributed by atoms with Gasteiger partial charge in [-0.05, 0) is 44.6 Å². The summed E-state index contributed by atoms with van der Waals surface area (Å²) in [6.45, 7) is 4.09. The van der Waals surface area contributed by atoms with Crippen LogP contribution in [0.5, 0.6) is 0 Å². The molecule has 1 aromatic carbocycles. The van der Waals surface area contributed by atoms with Crippen molar-refractivity contribution in [1.82, 2.24) is 25.1 Å². The lowest BCUT2D eigenvalue weighted by atomic mass is 9.99. The number of fused-ring (bicyclic) bond motifs is 1. The standard InChI is InChI=1S/C22H31N7O2/c1-28(2)10-5-9-23-21-12-20(25-16-26-21)22(30)24-13-19(27-31)15-29-11-8-17-6-3-4-7-18(17)14-29/h3-4,6-7,12,16,19H,5,8-11,13-15H2,1-2H3,(H,24,30)(H,23,25,26). The molecule has 0 saturated carbocycles. The predicted octanol–water partition coefficient (Wildman–Crippen LogP) is 1.76. The molecule has 1 amide bonds. The first-order valence-electron chi connectivity index (χ1n) is 10.7. The van der Waals surface area contributed by atoms with Crippen molar-refractivity contribution in [2.24, 2.45) is 5.18 Å². The van der Waals surface area contributed by atoms with Gasteiger partial charge in [0.1, 0.15) is 23.9 Å². The quantitative estimate of drug-likeness (QED) is 0.418. The van der Waals surface area contributed by atoms with Crippen LogP contribution in [-0.2, 0) is 13.0 Å². The van der Waals surface area contributed by atoms with Gasteiger partial charge in [-0.2, -0.15) is 4.91 Å². The summed E-state index contributed by atoms with van der Waals surface area (Å²) in [6, 6.07) is 9.46. The summed E-state index contributed by atoms with van der Waals surface area (Å²) in [4.78, 5) is 36.4. The normalized spacial score (nSPS) is 14.7. The van der Waals surface area contributed by atoms with Crippen molar-refractivity contribution in [2.75, 3.05) is 52.1 Å². The molecule has 0 radical (unpaired) electrons. The Morgan fingerprint density at radius 3 is 2.84 bits per heavy atom. The average molecular weight is 426 g/mol. The van der Waals surface area contributed by atoms with E-state index in [0.29, 0.717) is 12.4 Å². The Morgan fingerprint density at radius 1 is 1.26 bits per heavy atom. The molecule has 2 aromatic rings. The maximum Gasteiger partial charge on any atom is 0.270 e. The fraction of sp³-hybridized carbons (Fsp3) is 0.500. The van der Waals surface area contributed by atoms with Gasteiger partial charge in [-0.1, -0.05) is 29.4 Å². The van der Waals surface area contributed by atoms with Crippen LogP contribution in [0.15, 0.2) is 41.8 Å². The number of hydrogen-bond acceptors (Lipinski definition) is 8. The third-order valence-electron chi connectivity index (χ3n) is 5.31. The lowest BCUT2D eigenvalue weighted by Gasteiger charge is -2.29. The maximum absolute atomic E-state index is 12.5. The van der Waals surface area contributed by atoms with Gasteiger partial charge in [-0.25, -0.2) is 9.97 Å². The van der Waals surface area contributed by atoms with Crippen molar-refractivity contribution >= 4 is 11.7 Å². The maximum atomic E-state index is 12.5. The van der Waals surface area contributed by atoms with Crippen LogP contribution in [0.4, 0.5) is 5.82 Å². The predicted molar refractivity (Wildman–Crippen MR) is 121 cm³/mol. The van der Waals surface area contributed by atoms with E-state index in [2.05, 4.69) is 53.8 Å². The first-order chi connectivity index (χ1) is 15.0. The molecule has 0 fully saturated rings. The van der Waals surface area contributed by atoms with Gasteiger partial charge in [-0.15, -0.1) is 0 Å². The molecule has 1 unspecified atom stereocenters. The minimum absolute atomic E-state index is 0.177. The first-order valence-corrected chi connectivity index (χ1v) is 10.7. The Hall–Kier alpha value is -2.91. The number of nitrogens with one attached hydrogen (secondary N) is 2. The smallest absolute Gasteiger partial charge is 0.270 e. The monoisotopic (exact) mass is 425 g/mol. The van der Waals surface area contributed by atoms with Crippen molar-refractivity contribution in [3.05, 3.63) is 58.4 Å². The molecule has 1 aromatic heterocycles. The molecular formula is C22H31N7O2. The third kappa shape index (κ3) is 7.08. The van der Waals surface area contributed by atoms with Gasteiger partial charge in [0.05, 0.1) is 0 Å². The van der Waals surface area contributed by atoms with E-state index in [-0.39, 0.29) is 18.1 Å². The highest BCUT2D eigenvalue weighted by atomic mass is 16.3. The number of aromatic nitrogens is 2. The lowest BCUT2D eigenvalue weighted by Crippen LogP contribution is -2.41. The zero-order valence-electron chi connectivity index (χ0n) is 18.3. The van der Waals surface area contributed by atoms with E-state index in [1.165, 1.54) is 17.5 Å². The minimum Gasteiger partial charge on any atom is -0.370 e. The van der Waals surface area contributed by atoms with Crippen LogP contribution < -0.4 is 10.6 Å². The van der Waals surface area contributed by atoms with Crippen molar-refractivity contribution in [3.8, 4) is 0 Å². The molecule has 0 bridgehead atoms. The SMILES string of the molecule is CN(C)CCCNc1cc(C(=O)NCC(CN2CCc3ccccc3C2)N=O)ncn1. The summed E-state index contributed by atoms with van der Waals surface area (Å²) in [5.74, 6) is 0.271. The number of rotatable bonds is 11. The van der Waals surface area contributed by atoms with E-state index < -0.39 is 6.04 Å². The summed E-state index contributed by atoms with van der Waals surface area (Å²) >= 11 is 0. The van der Waals surface area contributed by atoms with Crippen molar-refractivity contribution in [3.63, 3.8) is 0 Å². The number of amides is 1. The molecule has 9 nitrogen and oxygen atoms in total. The Balaban J connectivity index is 1.46. The number of carbonyl (C=O) groups excluding carboxylic acids is 1. The van der Waals surface area contributed by atoms with Crippen molar-refractivity contribution < 1.29 is 4.79 Å². The fourth-order valence-corrected chi connectivity index (χ4v) is 3.63. The van der Waals surface area contributed by atoms with Gasteiger partial charge in [0.15, 0.2) is 0 Å². The van der Waals surface area contributed by atoms with E-state index in [1.54, 1.807) is 6.07 Å². The number of nitroso groups, excluding NO2 is 1. The van der Waals surface area contributed by atoms with E-state index in [4.69, 9.17) is 0 Å². The zero-order valence-corrected chi connectivity index (χ0v) is 18.3. The van der Waals surface area contributed by atoms with Crippen LogP contribution in [0.1, 0.15) is 28.0 Å². The molecule has 2 heterocycles. The number of carbonyl (C=O) groups is 1. The van der Waals surface area contributed by atoms with Crippen LogP contribution in [0, 0.1) is 4.91 Å². The van der Waals surface area contributed by atoms with Crippen LogP contribution in [-0.4, -0.2) is 78.5 Å². The molecule has 9 heteroatoms. The van der Waals surface area contributed by atoms with Crippen molar-refractivity contribution in [1.29, 1.82) is 0 Å². The molecule has 1 aliphatic rings. The number of nitrogens with zero attached hydrogens (tertiary/aromatic N) is 5. The summed E-state index contributed by atoms with van der Waals surface area (Å²) in [6.07, 6.45) is 3.29. The van der Waals surface area contributed by atoms with Gasteiger partial charge in [0, 0.05) is 38.8 Å². The van der Waals surface area contributed by atoms with Crippen LogP contribution >= 0.6 is 0 Å². The highest BCUT2D eigenvalue weighted by Gasteiger charge is 2.21. The largest absolute Gasteiger partial charge is 0.370 e.